The molecule has 2 N–H and O–H groups in total. The van der Waals surface area contributed by atoms with Gasteiger partial charge in [-0.2, -0.15) is 0 Å². The van der Waals surface area contributed by atoms with Crippen LogP contribution < -0.4 is 20.1 Å². The van der Waals surface area contributed by atoms with Gasteiger partial charge in [-0.25, -0.2) is 0 Å². The minimum Gasteiger partial charge on any atom is -0.493 e. The fourth-order valence-electron chi connectivity index (χ4n) is 2.82. The quantitative estimate of drug-likeness (QED) is 0.179. The van der Waals surface area contributed by atoms with Crippen molar-refractivity contribution >= 4 is 29.9 Å². The van der Waals surface area contributed by atoms with Crippen LogP contribution in [0.15, 0.2) is 23.2 Å². The van der Waals surface area contributed by atoms with E-state index in [0.717, 1.165) is 56.4 Å². The van der Waals surface area contributed by atoms with Crippen LogP contribution in [0.3, 0.4) is 0 Å². The second-order valence-electron chi connectivity index (χ2n) is 7.23. The van der Waals surface area contributed by atoms with E-state index in [0.29, 0.717) is 12.6 Å². The standard InChI is InChI=1S/C22H40N4O2.HI/c1-7-28-21-17-19(12-13-20(21)27-6)11-10-15-25-22(23-4)24-14-8-9-16-26(5)18(2)3;/h12-13,17-18H,7-11,14-16H2,1-6H3,(H2,23,24,25);1H. The number of methoxy groups -OCH3 is 1. The number of rotatable bonds is 13. The Morgan fingerprint density at radius 2 is 1.79 bits per heavy atom. The number of ether oxygens (including phenoxy) is 2. The van der Waals surface area contributed by atoms with Gasteiger partial charge in [0.2, 0.25) is 0 Å². The van der Waals surface area contributed by atoms with Crippen LogP contribution in [0.5, 0.6) is 11.5 Å². The van der Waals surface area contributed by atoms with Crippen LogP contribution in [0.2, 0.25) is 0 Å². The molecule has 7 heteroatoms. The van der Waals surface area contributed by atoms with Crippen molar-refractivity contribution in [1.82, 2.24) is 15.5 Å². The van der Waals surface area contributed by atoms with E-state index < -0.39 is 0 Å². The smallest absolute Gasteiger partial charge is 0.190 e. The number of guanidine groups is 1. The van der Waals surface area contributed by atoms with Crippen molar-refractivity contribution in [2.75, 3.05) is 47.4 Å². The van der Waals surface area contributed by atoms with Crippen LogP contribution in [0, 0.1) is 0 Å². The zero-order valence-corrected chi connectivity index (χ0v) is 21.4. The first kappa shape index (κ1) is 27.8. The molecule has 0 bridgehead atoms. The van der Waals surface area contributed by atoms with Crippen molar-refractivity contribution in [3.8, 4) is 11.5 Å². The summed E-state index contributed by atoms with van der Waals surface area (Å²) in [6, 6.07) is 6.76. The molecule has 0 saturated heterocycles. The molecule has 168 valence electrons. The maximum absolute atomic E-state index is 5.65. The second kappa shape index (κ2) is 16.6. The number of benzene rings is 1. The van der Waals surface area contributed by atoms with Gasteiger partial charge in [0.15, 0.2) is 17.5 Å². The molecule has 0 fully saturated rings. The lowest BCUT2D eigenvalue weighted by Gasteiger charge is -2.20. The van der Waals surface area contributed by atoms with Crippen molar-refractivity contribution in [1.29, 1.82) is 0 Å². The van der Waals surface area contributed by atoms with E-state index in [9.17, 15) is 0 Å². The number of halogens is 1. The molecule has 1 rings (SSSR count). The first-order valence-corrected chi connectivity index (χ1v) is 10.5. The SMILES string of the molecule is CCOc1cc(CCCNC(=NC)NCCCCN(C)C(C)C)ccc1OC.I. The fraction of sp³-hybridized carbons (Fsp3) is 0.682. The van der Waals surface area contributed by atoms with Gasteiger partial charge >= 0.3 is 0 Å². The van der Waals surface area contributed by atoms with Crippen molar-refractivity contribution in [2.24, 2.45) is 4.99 Å². The van der Waals surface area contributed by atoms with E-state index >= 15 is 0 Å². The molecule has 0 aliphatic carbocycles. The highest BCUT2D eigenvalue weighted by Crippen LogP contribution is 2.28. The summed E-state index contributed by atoms with van der Waals surface area (Å²) in [6.45, 7) is 10.0. The molecule has 0 aromatic heterocycles. The zero-order chi connectivity index (χ0) is 20.8. The number of aryl methyl sites for hydroxylation is 1. The summed E-state index contributed by atoms with van der Waals surface area (Å²) >= 11 is 0. The topological polar surface area (TPSA) is 58.1 Å². The van der Waals surface area contributed by atoms with Crippen molar-refractivity contribution in [3.05, 3.63) is 23.8 Å². The molecule has 0 heterocycles. The summed E-state index contributed by atoms with van der Waals surface area (Å²) in [7, 11) is 5.67. The van der Waals surface area contributed by atoms with Crippen LogP contribution in [-0.2, 0) is 6.42 Å². The van der Waals surface area contributed by atoms with Gasteiger partial charge in [-0.15, -0.1) is 24.0 Å². The average molecular weight is 521 g/mol. The minimum atomic E-state index is 0. The number of hydrogen-bond acceptors (Lipinski definition) is 4. The molecule has 0 atom stereocenters. The number of aliphatic imine (C=N–C) groups is 1. The Morgan fingerprint density at radius 1 is 1.10 bits per heavy atom. The van der Waals surface area contributed by atoms with Crippen molar-refractivity contribution in [2.45, 2.75) is 52.5 Å². The van der Waals surface area contributed by atoms with Gasteiger partial charge in [0.1, 0.15) is 0 Å². The first-order chi connectivity index (χ1) is 13.5. The van der Waals surface area contributed by atoms with Crippen molar-refractivity contribution in [3.63, 3.8) is 0 Å². The van der Waals surface area contributed by atoms with E-state index in [1.54, 1.807) is 7.11 Å². The number of nitrogens with zero attached hydrogens (tertiary/aromatic N) is 2. The molecule has 0 radical (unpaired) electrons. The average Bonchev–Trinajstić information content (AvgIpc) is 2.69. The maximum Gasteiger partial charge on any atom is 0.190 e. The molecule has 1 aromatic carbocycles. The van der Waals surface area contributed by atoms with Gasteiger partial charge < -0.3 is 25.0 Å². The number of nitrogens with one attached hydrogen (secondary N) is 2. The van der Waals surface area contributed by atoms with E-state index in [2.05, 4.69) is 53.6 Å². The minimum absolute atomic E-state index is 0. The summed E-state index contributed by atoms with van der Waals surface area (Å²) in [4.78, 5) is 6.68. The molecule has 0 spiro atoms. The Kier molecular flexibility index (Phi) is 15.9. The second-order valence-corrected chi connectivity index (χ2v) is 7.23. The lowest BCUT2D eigenvalue weighted by Crippen LogP contribution is -2.38. The Balaban J connectivity index is 0.00000784. The van der Waals surface area contributed by atoms with E-state index in [1.807, 2.05) is 20.0 Å². The third-order valence-electron chi connectivity index (χ3n) is 4.80. The monoisotopic (exact) mass is 520 g/mol. The Bertz CT molecular complexity index is 582. The van der Waals surface area contributed by atoms with Crippen LogP contribution >= 0.6 is 24.0 Å². The highest BCUT2D eigenvalue weighted by molar-refractivity contribution is 14.0. The molecule has 1 aromatic rings. The molecule has 0 aliphatic heterocycles. The lowest BCUT2D eigenvalue weighted by molar-refractivity contribution is 0.268. The van der Waals surface area contributed by atoms with Gasteiger partial charge in [0.05, 0.1) is 13.7 Å². The van der Waals surface area contributed by atoms with Crippen LogP contribution in [-0.4, -0.2) is 64.3 Å². The third-order valence-corrected chi connectivity index (χ3v) is 4.80. The Hall–Kier alpha value is -1.22. The van der Waals surface area contributed by atoms with E-state index in [4.69, 9.17) is 9.47 Å². The zero-order valence-electron chi connectivity index (χ0n) is 19.1. The molecule has 0 saturated carbocycles. The Morgan fingerprint density at radius 3 is 2.38 bits per heavy atom. The predicted molar refractivity (Wildman–Crippen MR) is 134 cm³/mol. The fourth-order valence-corrected chi connectivity index (χ4v) is 2.82. The summed E-state index contributed by atoms with van der Waals surface area (Å²) < 4.78 is 11.0. The van der Waals surface area contributed by atoms with Gasteiger partial charge in [-0.05, 0) is 77.7 Å². The van der Waals surface area contributed by atoms with Gasteiger partial charge in [0.25, 0.3) is 0 Å². The summed E-state index contributed by atoms with van der Waals surface area (Å²) in [5.74, 6) is 2.48. The lowest BCUT2D eigenvalue weighted by atomic mass is 10.1. The largest absolute Gasteiger partial charge is 0.493 e. The first-order valence-electron chi connectivity index (χ1n) is 10.5. The van der Waals surface area contributed by atoms with Crippen LogP contribution in [0.25, 0.3) is 0 Å². The maximum atomic E-state index is 5.65. The van der Waals surface area contributed by atoms with Gasteiger partial charge in [0, 0.05) is 26.2 Å². The summed E-state index contributed by atoms with van der Waals surface area (Å²) in [6.07, 6.45) is 4.34. The molecular weight excluding hydrogens is 479 g/mol. The Labute approximate surface area is 194 Å². The van der Waals surface area contributed by atoms with E-state index in [1.165, 1.54) is 12.0 Å². The normalized spacial score (nSPS) is 11.4. The number of unbranched alkanes of at least 4 members (excludes halogenated alkanes) is 1. The molecule has 0 amide bonds. The van der Waals surface area contributed by atoms with Crippen molar-refractivity contribution < 1.29 is 9.47 Å². The molecule has 6 nitrogen and oxygen atoms in total. The predicted octanol–water partition coefficient (Wildman–Crippen LogP) is 3.93. The van der Waals surface area contributed by atoms with Gasteiger partial charge in [-0.1, -0.05) is 6.07 Å². The molecule has 0 unspecified atom stereocenters. The molecule has 0 aliphatic rings. The molecule has 29 heavy (non-hydrogen) atoms. The van der Waals surface area contributed by atoms with Crippen LogP contribution in [0.1, 0.15) is 45.6 Å². The summed E-state index contributed by atoms with van der Waals surface area (Å²) in [5, 5.41) is 6.79. The number of hydrogen-bond donors (Lipinski definition) is 2. The van der Waals surface area contributed by atoms with E-state index in [-0.39, 0.29) is 24.0 Å². The summed E-state index contributed by atoms with van der Waals surface area (Å²) in [5.41, 5.74) is 1.25. The highest BCUT2D eigenvalue weighted by Gasteiger charge is 2.06. The molecular formula is C22H41IN4O2. The van der Waals surface area contributed by atoms with Gasteiger partial charge in [-0.3, -0.25) is 4.99 Å². The third kappa shape index (κ3) is 11.5. The van der Waals surface area contributed by atoms with Crippen LogP contribution in [0.4, 0.5) is 0 Å². The highest BCUT2D eigenvalue weighted by atomic mass is 127.